The summed E-state index contributed by atoms with van der Waals surface area (Å²) in [6.45, 7) is 3.60. The SMILES string of the molecule is CCc1ccc(N)c(C#N)c1C1CCCc2c(-c3nc(OCC4CCCN4C)cc(=O)[nH]3)noc21. The van der Waals surface area contributed by atoms with Crippen LogP contribution in [0.4, 0.5) is 5.69 Å². The van der Waals surface area contributed by atoms with Gasteiger partial charge in [-0.3, -0.25) is 4.79 Å². The molecule has 35 heavy (non-hydrogen) atoms. The fourth-order valence-electron chi connectivity index (χ4n) is 5.42. The minimum atomic E-state index is -0.301. The molecule has 9 heteroatoms. The van der Waals surface area contributed by atoms with E-state index in [0.717, 1.165) is 61.8 Å². The van der Waals surface area contributed by atoms with Crippen LogP contribution in [0, 0.1) is 11.3 Å². The lowest BCUT2D eigenvalue weighted by Gasteiger charge is -2.24. The number of anilines is 1. The van der Waals surface area contributed by atoms with Crippen molar-refractivity contribution in [2.24, 2.45) is 0 Å². The molecule has 2 unspecified atom stereocenters. The quantitative estimate of drug-likeness (QED) is 0.519. The number of nitrogen functional groups attached to an aromatic ring is 1. The Labute approximate surface area is 203 Å². The molecule has 0 amide bonds. The zero-order chi connectivity index (χ0) is 24.5. The number of rotatable bonds is 6. The first-order valence-electron chi connectivity index (χ1n) is 12.2. The largest absolute Gasteiger partial charge is 0.476 e. The Kier molecular flexibility index (Phi) is 6.31. The van der Waals surface area contributed by atoms with Crippen molar-refractivity contribution in [3.8, 4) is 23.5 Å². The highest BCUT2D eigenvalue weighted by Crippen LogP contribution is 2.43. The maximum atomic E-state index is 12.4. The molecule has 1 saturated heterocycles. The van der Waals surface area contributed by atoms with Crippen molar-refractivity contribution >= 4 is 5.69 Å². The van der Waals surface area contributed by atoms with Crippen molar-refractivity contribution in [2.75, 3.05) is 25.9 Å². The first-order chi connectivity index (χ1) is 17.0. The van der Waals surface area contributed by atoms with Crippen LogP contribution in [0.25, 0.3) is 11.5 Å². The number of aryl methyl sites for hydroxylation is 1. The Morgan fingerprint density at radius 1 is 1.34 bits per heavy atom. The molecule has 0 radical (unpaired) electrons. The number of H-pyrrole nitrogens is 1. The Hall–Kier alpha value is -3.64. The van der Waals surface area contributed by atoms with E-state index in [4.69, 9.17) is 15.0 Å². The lowest BCUT2D eigenvalue weighted by Crippen LogP contribution is -2.31. The lowest BCUT2D eigenvalue weighted by atomic mass is 9.78. The number of ether oxygens (including phenoxy) is 1. The number of nitrogens with one attached hydrogen (secondary N) is 1. The summed E-state index contributed by atoms with van der Waals surface area (Å²) in [6, 6.07) is 7.76. The number of hydrogen-bond donors (Lipinski definition) is 2. The van der Waals surface area contributed by atoms with Crippen molar-refractivity contribution in [1.29, 1.82) is 5.26 Å². The van der Waals surface area contributed by atoms with Crippen molar-refractivity contribution in [3.63, 3.8) is 0 Å². The summed E-state index contributed by atoms with van der Waals surface area (Å²) in [5.41, 5.74) is 10.2. The average molecular weight is 475 g/mol. The van der Waals surface area contributed by atoms with Gasteiger partial charge in [0.25, 0.3) is 5.56 Å². The highest BCUT2D eigenvalue weighted by molar-refractivity contribution is 5.64. The summed E-state index contributed by atoms with van der Waals surface area (Å²) in [6.07, 6.45) is 5.46. The van der Waals surface area contributed by atoms with Crippen molar-refractivity contribution in [2.45, 2.75) is 57.4 Å². The smallest absolute Gasteiger partial charge is 0.255 e. The Balaban J connectivity index is 1.50. The van der Waals surface area contributed by atoms with E-state index < -0.39 is 0 Å². The molecule has 2 aromatic heterocycles. The van der Waals surface area contributed by atoms with Gasteiger partial charge in [-0.25, -0.2) is 0 Å². The molecule has 1 fully saturated rings. The minimum Gasteiger partial charge on any atom is -0.476 e. The van der Waals surface area contributed by atoms with E-state index in [-0.39, 0.29) is 17.4 Å². The van der Waals surface area contributed by atoms with E-state index in [2.05, 4.69) is 40.1 Å². The van der Waals surface area contributed by atoms with Crippen LogP contribution < -0.4 is 16.0 Å². The molecule has 3 aromatic rings. The number of nitriles is 1. The molecule has 0 saturated carbocycles. The molecule has 2 atom stereocenters. The third kappa shape index (κ3) is 4.30. The standard InChI is InChI=1S/C26H30N6O3/c1-3-15-9-10-20(28)19(13-27)23(15)17-7-4-8-18-24(31-35-25(17)18)26-29-21(33)12-22(30-26)34-14-16-6-5-11-32(16)2/h9-10,12,16-17H,3-8,11,14,28H2,1-2H3,(H,29,30,33). The second-order valence-electron chi connectivity index (χ2n) is 9.41. The third-order valence-electron chi connectivity index (χ3n) is 7.30. The van der Waals surface area contributed by atoms with Gasteiger partial charge < -0.3 is 24.9 Å². The minimum absolute atomic E-state index is 0.128. The summed E-state index contributed by atoms with van der Waals surface area (Å²) in [5.74, 6) is 1.20. The molecule has 1 aliphatic heterocycles. The summed E-state index contributed by atoms with van der Waals surface area (Å²) < 4.78 is 11.8. The zero-order valence-electron chi connectivity index (χ0n) is 20.1. The van der Waals surface area contributed by atoms with Crippen LogP contribution in [-0.4, -0.2) is 46.3 Å². The van der Waals surface area contributed by atoms with Crippen molar-refractivity contribution < 1.29 is 9.26 Å². The molecule has 1 aromatic carbocycles. The van der Waals surface area contributed by atoms with Gasteiger partial charge in [0.05, 0.1) is 11.6 Å². The third-order valence-corrected chi connectivity index (χ3v) is 7.30. The molecular weight excluding hydrogens is 444 g/mol. The number of benzene rings is 1. The number of fused-ring (bicyclic) bond motifs is 1. The lowest BCUT2D eigenvalue weighted by molar-refractivity contribution is 0.193. The highest BCUT2D eigenvalue weighted by Gasteiger charge is 2.33. The summed E-state index contributed by atoms with van der Waals surface area (Å²) in [5, 5.41) is 14.2. The average Bonchev–Trinajstić information content (AvgIpc) is 3.48. The van der Waals surface area contributed by atoms with Gasteiger partial charge in [-0.2, -0.15) is 10.2 Å². The van der Waals surface area contributed by atoms with Crippen molar-refractivity contribution in [3.05, 3.63) is 56.6 Å². The topological polar surface area (TPSA) is 134 Å². The number of nitrogens with two attached hydrogens (primary N) is 1. The number of aromatic amines is 1. The van der Waals surface area contributed by atoms with Crippen LogP contribution in [-0.2, 0) is 12.8 Å². The van der Waals surface area contributed by atoms with Gasteiger partial charge in [0.15, 0.2) is 11.5 Å². The predicted molar refractivity (Wildman–Crippen MR) is 131 cm³/mol. The van der Waals surface area contributed by atoms with Crippen LogP contribution in [0.15, 0.2) is 27.5 Å². The van der Waals surface area contributed by atoms with Crippen LogP contribution in [0.1, 0.15) is 66.5 Å². The molecule has 182 valence electrons. The molecule has 0 spiro atoms. The Morgan fingerprint density at radius 2 is 2.20 bits per heavy atom. The molecule has 1 aliphatic carbocycles. The molecule has 5 rings (SSSR count). The second kappa shape index (κ2) is 9.55. The molecule has 0 bridgehead atoms. The van der Waals surface area contributed by atoms with Gasteiger partial charge in [0, 0.05) is 23.2 Å². The van der Waals surface area contributed by atoms with Gasteiger partial charge in [0.2, 0.25) is 5.88 Å². The van der Waals surface area contributed by atoms with Crippen LogP contribution in [0.3, 0.4) is 0 Å². The number of likely N-dealkylation sites (tertiary alicyclic amines) is 1. The molecule has 3 heterocycles. The number of hydrogen-bond acceptors (Lipinski definition) is 8. The van der Waals surface area contributed by atoms with E-state index in [1.165, 1.54) is 6.07 Å². The fraction of sp³-hybridized carbons (Fsp3) is 0.462. The van der Waals surface area contributed by atoms with E-state index >= 15 is 0 Å². The van der Waals surface area contributed by atoms with Crippen LogP contribution in [0.2, 0.25) is 0 Å². The van der Waals surface area contributed by atoms with Crippen LogP contribution >= 0.6 is 0 Å². The summed E-state index contributed by atoms with van der Waals surface area (Å²) in [4.78, 5) is 22.0. The van der Waals surface area contributed by atoms with E-state index in [1.54, 1.807) is 6.07 Å². The summed E-state index contributed by atoms with van der Waals surface area (Å²) >= 11 is 0. The maximum Gasteiger partial charge on any atom is 0.255 e. The number of likely N-dealkylation sites (N-methyl/N-ethyl adjacent to an activating group) is 1. The highest BCUT2D eigenvalue weighted by atomic mass is 16.5. The molecule has 9 nitrogen and oxygen atoms in total. The monoisotopic (exact) mass is 474 g/mol. The zero-order valence-corrected chi connectivity index (χ0v) is 20.1. The molecular formula is C26H30N6O3. The Bertz CT molecular complexity index is 1340. The normalized spacial score (nSPS) is 19.9. The van der Waals surface area contributed by atoms with Gasteiger partial charge in [-0.05, 0) is 69.3 Å². The first-order valence-corrected chi connectivity index (χ1v) is 12.2. The maximum absolute atomic E-state index is 12.4. The van der Waals surface area contributed by atoms with E-state index in [9.17, 15) is 10.1 Å². The fourth-order valence-corrected chi connectivity index (χ4v) is 5.42. The van der Waals surface area contributed by atoms with Crippen LogP contribution in [0.5, 0.6) is 5.88 Å². The second-order valence-corrected chi connectivity index (χ2v) is 9.41. The first kappa shape index (κ1) is 23.1. The van der Waals surface area contributed by atoms with E-state index in [0.29, 0.717) is 41.2 Å². The predicted octanol–water partition coefficient (Wildman–Crippen LogP) is 3.38. The number of aromatic nitrogens is 3. The Morgan fingerprint density at radius 3 is 2.94 bits per heavy atom. The van der Waals surface area contributed by atoms with Crippen molar-refractivity contribution in [1.82, 2.24) is 20.0 Å². The van der Waals surface area contributed by atoms with Gasteiger partial charge >= 0.3 is 0 Å². The van der Waals surface area contributed by atoms with Gasteiger partial charge in [-0.1, -0.05) is 18.1 Å². The van der Waals surface area contributed by atoms with E-state index in [1.807, 2.05) is 6.07 Å². The summed E-state index contributed by atoms with van der Waals surface area (Å²) in [7, 11) is 2.08. The van der Waals surface area contributed by atoms with Gasteiger partial charge in [0.1, 0.15) is 18.4 Å². The van der Waals surface area contributed by atoms with Gasteiger partial charge in [-0.15, -0.1) is 0 Å². The molecule has 3 N–H and O–H groups in total. The number of nitrogens with zero attached hydrogens (tertiary/aromatic N) is 4. The molecule has 2 aliphatic rings.